The van der Waals surface area contributed by atoms with Crippen molar-refractivity contribution in [1.29, 1.82) is 5.41 Å². The van der Waals surface area contributed by atoms with E-state index in [0.717, 1.165) is 28.2 Å². The third kappa shape index (κ3) is 9.91. The van der Waals surface area contributed by atoms with Gasteiger partial charge in [-0.1, -0.05) is 146 Å². The van der Waals surface area contributed by atoms with Crippen molar-refractivity contribution in [2.75, 3.05) is 17.6 Å². The molecule has 6 aromatic rings. The molecule has 0 saturated heterocycles. The lowest BCUT2D eigenvalue weighted by molar-refractivity contribution is 0.774. The molecule has 0 bridgehead atoms. The van der Waals surface area contributed by atoms with E-state index in [4.69, 9.17) is 16.9 Å². The van der Waals surface area contributed by atoms with Crippen LogP contribution in [0.5, 0.6) is 0 Å². The fourth-order valence-corrected chi connectivity index (χ4v) is 5.32. The van der Waals surface area contributed by atoms with Gasteiger partial charge in [0.25, 0.3) is 0 Å². The van der Waals surface area contributed by atoms with Gasteiger partial charge < -0.3 is 16.8 Å². The summed E-state index contributed by atoms with van der Waals surface area (Å²) in [6, 6.07) is 53.5. The number of aryl methyl sites for hydroxylation is 1. The minimum atomic E-state index is 0.384. The Labute approximate surface area is 296 Å². The molecule has 1 unspecified atom stereocenters. The Morgan fingerprint density at radius 3 is 1.92 bits per heavy atom. The molecule has 7 rings (SSSR count). The molecule has 0 amide bonds. The quantitative estimate of drug-likeness (QED) is 0.0749. The molecule has 1 aliphatic rings. The highest BCUT2D eigenvalue weighted by atomic mass is 14.9. The maximum absolute atomic E-state index is 7.86. The summed E-state index contributed by atoms with van der Waals surface area (Å²) in [7, 11) is 0. The van der Waals surface area contributed by atoms with Crippen molar-refractivity contribution in [2.45, 2.75) is 19.8 Å². The van der Waals surface area contributed by atoms with E-state index < -0.39 is 0 Å². The molecule has 4 heteroatoms. The van der Waals surface area contributed by atoms with Gasteiger partial charge in [-0.2, -0.15) is 0 Å². The number of hydrogen-bond donors (Lipinski definition) is 4. The topological polar surface area (TPSA) is 87.9 Å². The average Bonchev–Trinajstić information content (AvgIpc) is 3.72. The van der Waals surface area contributed by atoms with Crippen molar-refractivity contribution >= 4 is 22.8 Å². The maximum atomic E-state index is 7.86. The lowest BCUT2D eigenvalue weighted by Crippen LogP contribution is -2.08. The van der Waals surface area contributed by atoms with E-state index in [9.17, 15) is 0 Å². The molecule has 0 radical (unpaired) electrons. The molecule has 0 aromatic heterocycles. The van der Waals surface area contributed by atoms with E-state index in [-0.39, 0.29) is 0 Å². The SMILES string of the molecule is Cc1ccc(-c2cccc(-c3cccc(C(C)CN)c3)c2)cc1.N=C(C1=C=CC=C1)c1ccccc1.Nc1ccccc1Nc1ccccc1. The molecule has 50 heavy (non-hydrogen) atoms. The Morgan fingerprint density at radius 1 is 0.680 bits per heavy atom. The first-order valence-corrected chi connectivity index (χ1v) is 16.8. The number of allylic oxidation sites excluding steroid dienone is 3. The van der Waals surface area contributed by atoms with Crippen LogP contribution >= 0.6 is 0 Å². The summed E-state index contributed by atoms with van der Waals surface area (Å²) in [6.45, 7) is 4.96. The first-order chi connectivity index (χ1) is 24.4. The smallest absolute Gasteiger partial charge is 0.0762 e. The second kappa shape index (κ2) is 17.8. The molecule has 0 spiro atoms. The van der Waals surface area contributed by atoms with Crippen LogP contribution in [0.1, 0.15) is 29.5 Å². The Bertz CT molecular complexity index is 2090. The zero-order chi connectivity index (χ0) is 35.1. The third-order valence-corrected chi connectivity index (χ3v) is 8.33. The summed E-state index contributed by atoms with van der Waals surface area (Å²) < 4.78 is 0. The van der Waals surface area contributed by atoms with E-state index in [2.05, 4.69) is 97.7 Å². The first kappa shape index (κ1) is 35.1. The van der Waals surface area contributed by atoms with Gasteiger partial charge >= 0.3 is 0 Å². The van der Waals surface area contributed by atoms with Crippen LogP contribution < -0.4 is 16.8 Å². The Hall–Kier alpha value is -6.19. The summed E-state index contributed by atoms with van der Waals surface area (Å²) >= 11 is 0. The predicted molar refractivity (Wildman–Crippen MR) is 214 cm³/mol. The van der Waals surface area contributed by atoms with Crippen molar-refractivity contribution in [3.8, 4) is 22.3 Å². The zero-order valence-electron chi connectivity index (χ0n) is 28.7. The summed E-state index contributed by atoms with van der Waals surface area (Å²) in [6.07, 6.45) is 5.62. The number of para-hydroxylation sites is 3. The van der Waals surface area contributed by atoms with E-state index in [1.807, 2.05) is 103 Å². The van der Waals surface area contributed by atoms with Crippen LogP contribution in [0.15, 0.2) is 187 Å². The lowest BCUT2D eigenvalue weighted by Gasteiger charge is -2.12. The second-order valence-electron chi connectivity index (χ2n) is 12.1. The second-order valence-corrected chi connectivity index (χ2v) is 12.1. The Balaban J connectivity index is 0.000000155. The number of benzene rings is 6. The highest BCUT2D eigenvalue weighted by molar-refractivity contribution is 6.12. The van der Waals surface area contributed by atoms with E-state index in [0.29, 0.717) is 18.2 Å². The lowest BCUT2D eigenvalue weighted by atomic mass is 9.94. The van der Waals surface area contributed by atoms with Gasteiger partial charge in [-0.3, -0.25) is 5.41 Å². The van der Waals surface area contributed by atoms with Crippen molar-refractivity contribution in [1.82, 2.24) is 0 Å². The fraction of sp³-hybridized carbons (Fsp3) is 0.0870. The average molecular weight is 653 g/mol. The van der Waals surface area contributed by atoms with Gasteiger partial charge in [0.2, 0.25) is 0 Å². The standard InChI is InChI=1S/C22H23N.C12H12N2.C12H9N/c1-16-9-11-18(12-10-16)20-6-4-8-22(14-20)21-7-3-5-19(13-21)17(2)15-23;13-11-8-4-5-9-12(11)14-10-6-2-1-3-7-10;13-12(11-8-4-5-9-11)10-6-2-1-3-7-10/h3-14,17H,15,23H2,1-2H3;1-9,14H,13H2;1-8,13H. The molecule has 0 saturated carbocycles. The van der Waals surface area contributed by atoms with Crippen LogP contribution in [-0.2, 0) is 0 Å². The van der Waals surface area contributed by atoms with Crippen molar-refractivity contribution in [3.05, 3.63) is 204 Å². The number of nitrogen functional groups attached to an aromatic ring is 1. The van der Waals surface area contributed by atoms with Crippen LogP contribution in [0, 0.1) is 12.3 Å². The number of anilines is 3. The molecular formula is C46H44N4. The van der Waals surface area contributed by atoms with Gasteiger partial charge in [-0.15, -0.1) is 5.73 Å². The van der Waals surface area contributed by atoms with E-state index >= 15 is 0 Å². The van der Waals surface area contributed by atoms with Crippen molar-refractivity contribution < 1.29 is 0 Å². The summed E-state index contributed by atoms with van der Waals surface area (Å²) in [4.78, 5) is 0. The van der Waals surface area contributed by atoms with Gasteiger partial charge in [-0.05, 0) is 89.7 Å². The fourth-order valence-electron chi connectivity index (χ4n) is 5.32. The van der Waals surface area contributed by atoms with E-state index in [1.165, 1.54) is 33.4 Å². The molecule has 4 nitrogen and oxygen atoms in total. The molecule has 1 atom stereocenters. The number of hydrogen-bond acceptors (Lipinski definition) is 4. The van der Waals surface area contributed by atoms with Crippen LogP contribution in [0.2, 0.25) is 0 Å². The minimum Gasteiger partial charge on any atom is -0.397 e. The molecule has 0 heterocycles. The molecular weight excluding hydrogens is 609 g/mol. The zero-order valence-corrected chi connectivity index (χ0v) is 28.7. The minimum absolute atomic E-state index is 0.384. The molecule has 6 aromatic carbocycles. The first-order valence-electron chi connectivity index (χ1n) is 16.8. The van der Waals surface area contributed by atoms with Gasteiger partial charge in [0.1, 0.15) is 0 Å². The molecule has 0 aliphatic heterocycles. The predicted octanol–water partition coefficient (Wildman–Crippen LogP) is 11.1. The van der Waals surface area contributed by atoms with Crippen LogP contribution in [0.25, 0.3) is 22.3 Å². The summed E-state index contributed by atoms with van der Waals surface area (Å²) in [5.74, 6) is 0.384. The van der Waals surface area contributed by atoms with Crippen molar-refractivity contribution in [3.63, 3.8) is 0 Å². The molecule has 6 N–H and O–H groups in total. The van der Waals surface area contributed by atoms with Gasteiger partial charge in [-0.25, -0.2) is 0 Å². The van der Waals surface area contributed by atoms with Gasteiger partial charge in [0.15, 0.2) is 0 Å². The van der Waals surface area contributed by atoms with Crippen LogP contribution in [-0.4, -0.2) is 12.3 Å². The van der Waals surface area contributed by atoms with Crippen LogP contribution in [0.3, 0.4) is 0 Å². The normalized spacial score (nSPS) is 11.7. The van der Waals surface area contributed by atoms with E-state index in [1.54, 1.807) is 0 Å². The molecule has 0 fully saturated rings. The summed E-state index contributed by atoms with van der Waals surface area (Å²) in [5.41, 5.74) is 27.3. The monoisotopic (exact) mass is 652 g/mol. The molecule has 248 valence electrons. The largest absolute Gasteiger partial charge is 0.397 e. The number of rotatable bonds is 8. The van der Waals surface area contributed by atoms with Gasteiger partial charge in [0, 0.05) is 16.8 Å². The van der Waals surface area contributed by atoms with Crippen LogP contribution in [0.4, 0.5) is 17.1 Å². The third-order valence-electron chi connectivity index (χ3n) is 8.33. The number of nitrogens with one attached hydrogen (secondary N) is 2. The maximum Gasteiger partial charge on any atom is 0.0762 e. The Kier molecular flexibility index (Phi) is 12.5. The highest BCUT2D eigenvalue weighted by Crippen LogP contribution is 2.28. The summed E-state index contributed by atoms with van der Waals surface area (Å²) in [5, 5.41) is 11.1. The Morgan fingerprint density at radius 2 is 1.28 bits per heavy atom. The number of nitrogens with two attached hydrogens (primary N) is 2. The highest BCUT2D eigenvalue weighted by Gasteiger charge is 2.07. The van der Waals surface area contributed by atoms with Crippen molar-refractivity contribution in [2.24, 2.45) is 5.73 Å². The molecule has 1 aliphatic carbocycles. The van der Waals surface area contributed by atoms with Gasteiger partial charge in [0.05, 0.1) is 17.1 Å².